The van der Waals surface area contributed by atoms with Gasteiger partial charge in [0.05, 0.1) is 0 Å². The second-order valence-corrected chi connectivity index (χ2v) is 6.38. The van der Waals surface area contributed by atoms with E-state index in [0.29, 0.717) is 12.5 Å². The Balaban J connectivity index is 0. The van der Waals surface area contributed by atoms with Gasteiger partial charge in [0, 0.05) is 6.04 Å². The zero-order valence-corrected chi connectivity index (χ0v) is 15.2. The van der Waals surface area contributed by atoms with Gasteiger partial charge in [-0.1, -0.05) is 26.7 Å². The molecule has 1 heterocycles. The van der Waals surface area contributed by atoms with Crippen LogP contribution in [0.5, 0.6) is 0 Å². The Morgan fingerprint density at radius 1 is 1.05 bits per heavy atom. The highest BCUT2D eigenvalue weighted by molar-refractivity contribution is 5.37. The first-order valence-electron chi connectivity index (χ1n) is 8.41. The molecule has 0 unspecified atom stereocenters. The number of nitrogens with zero attached hydrogens (tertiary/aromatic N) is 1. The molecule has 0 aromatic carbocycles. The number of nitrogens with two attached hydrogens (primary N) is 1. The van der Waals surface area contributed by atoms with Crippen LogP contribution in [0.15, 0.2) is 0 Å². The average molecular weight is 303 g/mol. The lowest BCUT2D eigenvalue weighted by Crippen LogP contribution is -2.17. The van der Waals surface area contributed by atoms with Crippen molar-refractivity contribution >= 4 is 6.47 Å². The molecule has 2 rings (SSSR count). The molecule has 0 aromatic rings. The van der Waals surface area contributed by atoms with Crippen LogP contribution in [0, 0.1) is 0 Å². The highest BCUT2D eigenvalue weighted by Gasteiger charge is 2.08. The molecule has 0 aromatic heterocycles. The number of hydrogen-bond acceptors (Lipinski definition) is 4. The van der Waals surface area contributed by atoms with Gasteiger partial charge in [-0.15, -0.1) is 0 Å². The van der Waals surface area contributed by atoms with Crippen molar-refractivity contribution in [2.24, 2.45) is 5.73 Å². The lowest BCUT2D eigenvalue weighted by molar-refractivity contribution is -0.138. The van der Waals surface area contributed by atoms with Crippen molar-refractivity contribution in [1.82, 2.24) is 4.90 Å². The summed E-state index contributed by atoms with van der Waals surface area (Å²) in [7, 11) is 2.17. The largest absolute Gasteiger partial charge is 0.462 e. The molecule has 0 radical (unpaired) electrons. The van der Waals surface area contributed by atoms with E-state index in [1.54, 1.807) is 0 Å². The van der Waals surface area contributed by atoms with Gasteiger partial charge in [-0.3, -0.25) is 4.79 Å². The summed E-state index contributed by atoms with van der Waals surface area (Å²) in [5, 5.41) is 0. The minimum atomic E-state index is -0.318. The van der Waals surface area contributed by atoms with Crippen molar-refractivity contribution in [2.75, 3.05) is 20.1 Å². The molecule has 0 bridgehead atoms. The third-order valence-electron chi connectivity index (χ3n) is 3.13. The second kappa shape index (κ2) is 14.3. The molecule has 0 amide bonds. The van der Waals surface area contributed by atoms with Crippen LogP contribution in [0.3, 0.4) is 0 Å². The molecule has 1 aliphatic heterocycles. The Bertz CT molecular complexity index is 201. The van der Waals surface area contributed by atoms with Crippen molar-refractivity contribution in [1.29, 1.82) is 0 Å². The summed E-state index contributed by atoms with van der Waals surface area (Å²) in [4.78, 5) is 12.0. The fraction of sp³-hybridized carbons (Fsp3) is 0.941. The summed E-state index contributed by atoms with van der Waals surface area (Å²) in [5.41, 5.74) is 5.22. The van der Waals surface area contributed by atoms with Crippen LogP contribution in [0.2, 0.25) is 0 Å². The van der Waals surface area contributed by atoms with Crippen LogP contribution in [-0.2, 0) is 9.53 Å². The quantitative estimate of drug-likeness (QED) is 0.752. The zero-order valence-electron chi connectivity index (χ0n) is 15.2. The molecule has 1 saturated carbocycles. The van der Waals surface area contributed by atoms with E-state index >= 15 is 0 Å². The molecule has 2 N–H and O–H groups in total. The van der Waals surface area contributed by atoms with Gasteiger partial charge in [0.15, 0.2) is 0 Å². The van der Waals surface area contributed by atoms with E-state index in [1.165, 1.54) is 51.6 Å². The molecular formula is C17H38N2O2. The number of likely N-dealkylation sites (tertiary alicyclic amines) is 1. The molecule has 4 heteroatoms. The predicted octanol–water partition coefficient (Wildman–Crippen LogP) is 3.58. The van der Waals surface area contributed by atoms with E-state index in [2.05, 4.69) is 16.7 Å². The van der Waals surface area contributed by atoms with Crippen molar-refractivity contribution in [3.05, 3.63) is 0 Å². The molecule has 21 heavy (non-hydrogen) atoms. The Morgan fingerprint density at radius 3 is 1.57 bits per heavy atom. The Labute approximate surface area is 132 Å². The summed E-state index contributed by atoms with van der Waals surface area (Å²) >= 11 is 0. The van der Waals surface area contributed by atoms with Gasteiger partial charge in [0.1, 0.15) is 5.60 Å². The number of carbonyl (C=O) groups is 1. The molecule has 0 spiro atoms. The van der Waals surface area contributed by atoms with Gasteiger partial charge < -0.3 is 15.4 Å². The molecule has 2 fully saturated rings. The number of carbonyl (C=O) groups excluding carboxylic acids is 1. The average Bonchev–Trinajstić information content (AvgIpc) is 3.05. The van der Waals surface area contributed by atoms with E-state index in [9.17, 15) is 4.79 Å². The zero-order chi connectivity index (χ0) is 16.7. The first kappa shape index (κ1) is 22.7. The summed E-state index contributed by atoms with van der Waals surface area (Å²) in [6.07, 6.45) is 8.08. The lowest BCUT2D eigenvalue weighted by atomic mass is 10.2. The third-order valence-corrected chi connectivity index (χ3v) is 3.13. The van der Waals surface area contributed by atoms with E-state index in [0.717, 1.165) is 0 Å². The molecule has 128 valence electrons. The summed E-state index contributed by atoms with van der Waals surface area (Å²) < 4.78 is 4.55. The first-order chi connectivity index (χ1) is 9.85. The normalized spacial score (nSPS) is 18.4. The lowest BCUT2D eigenvalue weighted by Gasteiger charge is -2.14. The van der Waals surface area contributed by atoms with Crippen LogP contribution in [-0.4, -0.2) is 43.2 Å². The van der Waals surface area contributed by atoms with Crippen LogP contribution in [0.4, 0.5) is 0 Å². The molecule has 4 nitrogen and oxygen atoms in total. The van der Waals surface area contributed by atoms with Gasteiger partial charge in [0.25, 0.3) is 6.47 Å². The second-order valence-electron chi connectivity index (χ2n) is 6.38. The number of ether oxygens (including phenoxy) is 1. The topological polar surface area (TPSA) is 55.6 Å². The summed E-state index contributed by atoms with van der Waals surface area (Å²) in [6, 6.07) is 0.546. The summed E-state index contributed by atoms with van der Waals surface area (Å²) in [5.74, 6) is 0. The Morgan fingerprint density at radius 2 is 1.48 bits per heavy atom. The van der Waals surface area contributed by atoms with E-state index in [-0.39, 0.29) is 5.60 Å². The minimum absolute atomic E-state index is 0.318. The van der Waals surface area contributed by atoms with E-state index < -0.39 is 0 Å². The highest BCUT2D eigenvalue weighted by Crippen LogP contribution is 2.14. The molecular weight excluding hydrogens is 264 g/mol. The Hall–Kier alpha value is -0.610. The predicted molar refractivity (Wildman–Crippen MR) is 91.4 cm³/mol. The Kier molecular flexibility index (Phi) is 15.5. The SMILES string of the molecule is CC.CC(C)(C)OC=O.CN1CCCC1.NC1CCCC1. The van der Waals surface area contributed by atoms with Crippen LogP contribution >= 0.6 is 0 Å². The first-order valence-corrected chi connectivity index (χ1v) is 8.41. The molecule has 2 aliphatic rings. The molecule has 1 saturated heterocycles. The van der Waals surface area contributed by atoms with E-state index in [4.69, 9.17) is 5.73 Å². The van der Waals surface area contributed by atoms with Crippen LogP contribution in [0.1, 0.15) is 73.1 Å². The van der Waals surface area contributed by atoms with E-state index in [1.807, 2.05) is 34.6 Å². The van der Waals surface area contributed by atoms with Crippen LogP contribution in [0.25, 0.3) is 0 Å². The number of rotatable bonds is 1. The van der Waals surface area contributed by atoms with Crippen molar-refractivity contribution in [2.45, 2.75) is 84.8 Å². The third kappa shape index (κ3) is 19.4. The maximum atomic E-state index is 9.60. The fourth-order valence-corrected chi connectivity index (χ4v) is 1.98. The standard InChI is InChI=1S/2C5H11N.C5H10O2.C2H6/c1-6-4-2-3-5-6;6-5-3-1-2-4-5;1-5(2,3)7-4-6;1-2/h2-5H2,1H3;5H,1-4,6H2;4H,1-3H3;1-2H3. The van der Waals surface area contributed by atoms with Gasteiger partial charge in [-0.25, -0.2) is 0 Å². The van der Waals surface area contributed by atoms with Gasteiger partial charge in [-0.2, -0.15) is 0 Å². The number of hydrogen-bond donors (Lipinski definition) is 1. The van der Waals surface area contributed by atoms with Crippen molar-refractivity contribution in [3.63, 3.8) is 0 Å². The monoisotopic (exact) mass is 302 g/mol. The smallest absolute Gasteiger partial charge is 0.293 e. The maximum Gasteiger partial charge on any atom is 0.293 e. The van der Waals surface area contributed by atoms with Gasteiger partial charge in [0.2, 0.25) is 0 Å². The molecule has 1 aliphatic carbocycles. The minimum Gasteiger partial charge on any atom is -0.462 e. The van der Waals surface area contributed by atoms with Crippen LogP contribution < -0.4 is 5.73 Å². The highest BCUT2D eigenvalue weighted by atomic mass is 16.5. The van der Waals surface area contributed by atoms with Crippen molar-refractivity contribution in [3.8, 4) is 0 Å². The van der Waals surface area contributed by atoms with Crippen molar-refractivity contribution < 1.29 is 9.53 Å². The summed E-state index contributed by atoms with van der Waals surface area (Å²) in [6.45, 7) is 12.6. The van der Waals surface area contributed by atoms with Gasteiger partial charge in [-0.05, 0) is 66.6 Å². The maximum absolute atomic E-state index is 9.60. The fourth-order valence-electron chi connectivity index (χ4n) is 1.98. The van der Waals surface area contributed by atoms with Gasteiger partial charge >= 0.3 is 0 Å². The molecule has 0 atom stereocenters.